The summed E-state index contributed by atoms with van der Waals surface area (Å²) in [6.45, 7) is 2.26. The van der Waals surface area contributed by atoms with Crippen molar-refractivity contribution >= 4 is 0 Å². The van der Waals surface area contributed by atoms with Gasteiger partial charge in [0.2, 0.25) is 0 Å². The fourth-order valence-corrected chi connectivity index (χ4v) is 2.12. The van der Waals surface area contributed by atoms with E-state index in [-0.39, 0.29) is 0 Å². The summed E-state index contributed by atoms with van der Waals surface area (Å²) in [7, 11) is 0. The van der Waals surface area contributed by atoms with Gasteiger partial charge >= 0.3 is 0 Å². The molecule has 0 aromatic carbocycles. The predicted molar refractivity (Wildman–Crippen MR) is 65.0 cm³/mol. The molecule has 2 aliphatic rings. The molecule has 0 fully saturated rings. The molecule has 0 radical (unpaired) electrons. The van der Waals surface area contributed by atoms with Crippen molar-refractivity contribution in [3.63, 3.8) is 0 Å². The van der Waals surface area contributed by atoms with Crippen LogP contribution in [0.1, 0.15) is 39.0 Å². The number of nitrogens with zero attached hydrogens (tertiary/aromatic N) is 1. The predicted octanol–water partition coefficient (Wildman–Crippen LogP) is 4.12. The summed E-state index contributed by atoms with van der Waals surface area (Å²) in [5, 5.41) is 0. The molecule has 0 amide bonds. The molecule has 1 heteroatoms. The van der Waals surface area contributed by atoms with Crippen molar-refractivity contribution in [3.8, 4) is 0 Å². The van der Waals surface area contributed by atoms with Crippen molar-refractivity contribution in [2.24, 2.45) is 0 Å². The molecule has 0 saturated heterocycles. The van der Waals surface area contributed by atoms with Gasteiger partial charge < -0.3 is 4.90 Å². The van der Waals surface area contributed by atoms with Crippen LogP contribution >= 0.6 is 0 Å². The zero-order chi connectivity index (χ0) is 10.5. The Labute approximate surface area is 92.5 Å². The highest BCUT2D eigenvalue weighted by Gasteiger charge is 2.13. The third-order valence-electron chi connectivity index (χ3n) is 2.96. The average Bonchev–Trinajstić information content (AvgIpc) is 2.30. The third kappa shape index (κ3) is 2.41. The molecule has 2 rings (SSSR count). The van der Waals surface area contributed by atoms with Gasteiger partial charge in [0.05, 0.1) is 0 Å². The highest BCUT2D eigenvalue weighted by molar-refractivity contribution is 5.37. The van der Waals surface area contributed by atoms with Crippen LogP contribution in [0.3, 0.4) is 0 Å². The first kappa shape index (κ1) is 10.3. The van der Waals surface area contributed by atoms with Crippen LogP contribution in [0.25, 0.3) is 0 Å². The Morgan fingerprint density at radius 3 is 3.00 bits per heavy atom. The van der Waals surface area contributed by atoms with E-state index in [0.29, 0.717) is 0 Å². The minimum Gasteiger partial charge on any atom is -0.324 e. The van der Waals surface area contributed by atoms with E-state index >= 15 is 0 Å². The minimum absolute atomic E-state index is 1.13. The molecular formula is C14H19N. The summed E-state index contributed by atoms with van der Waals surface area (Å²) in [6, 6.07) is 0. The summed E-state index contributed by atoms with van der Waals surface area (Å²) < 4.78 is 0. The van der Waals surface area contributed by atoms with Crippen LogP contribution in [0.15, 0.2) is 48.0 Å². The van der Waals surface area contributed by atoms with Crippen LogP contribution in [0, 0.1) is 0 Å². The molecule has 0 unspecified atom stereocenters. The molecule has 0 bridgehead atoms. The zero-order valence-corrected chi connectivity index (χ0v) is 9.45. The van der Waals surface area contributed by atoms with Gasteiger partial charge in [-0.3, -0.25) is 0 Å². The molecular weight excluding hydrogens is 182 g/mol. The first-order valence-electron chi connectivity index (χ1n) is 5.93. The van der Waals surface area contributed by atoms with Gasteiger partial charge in [-0.1, -0.05) is 31.9 Å². The van der Waals surface area contributed by atoms with Gasteiger partial charge in [0, 0.05) is 18.1 Å². The Bertz CT molecular complexity index is 331. The van der Waals surface area contributed by atoms with E-state index in [1.165, 1.54) is 31.4 Å². The molecule has 2 heterocycles. The minimum atomic E-state index is 1.13. The van der Waals surface area contributed by atoms with E-state index in [1.54, 1.807) is 5.57 Å². The maximum absolute atomic E-state index is 2.26. The van der Waals surface area contributed by atoms with E-state index in [0.717, 1.165) is 6.42 Å². The Balaban J connectivity index is 2.05. The SMILES string of the molecule is CCCCCC1=C2C=CC=CN2C=CC1. The lowest BCUT2D eigenvalue weighted by Crippen LogP contribution is -2.15. The van der Waals surface area contributed by atoms with Crippen LogP contribution < -0.4 is 0 Å². The van der Waals surface area contributed by atoms with E-state index in [9.17, 15) is 0 Å². The summed E-state index contributed by atoms with van der Waals surface area (Å²) in [6.07, 6.45) is 19.4. The van der Waals surface area contributed by atoms with Crippen LogP contribution in [-0.4, -0.2) is 4.90 Å². The molecule has 0 saturated carbocycles. The first-order chi connectivity index (χ1) is 7.42. The van der Waals surface area contributed by atoms with Crippen molar-refractivity contribution in [1.29, 1.82) is 0 Å². The molecule has 80 valence electrons. The maximum atomic E-state index is 2.26. The second kappa shape index (κ2) is 5.01. The Morgan fingerprint density at radius 2 is 2.13 bits per heavy atom. The number of hydrogen-bond acceptors (Lipinski definition) is 1. The Hall–Kier alpha value is -1.24. The summed E-state index contributed by atoms with van der Waals surface area (Å²) in [5.41, 5.74) is 2.99. The summed E-state index contributed by atoms with van der Waals surface area (Å²) in [5.74, 6) is 0. The number of fused-ring (bicyclic) bond motifs is 1. The fourth-order valence-electron chi connectivity index (χ4n) is 2.12. The Morgan fingerprint density at radius 1 is 1.20 bits per heavy atom. The quantitative estimate of drug-likeness (QED) is 0.618. The second-order valence-corrected chi connectivity index (χ2v) is 4.14. The van der Waals surface area contributed by atoms with Crippen LogP contribution in [0.4, 0.5) is 0 Å². The molecule has 0 aliphatic carbocycles. The average molecular weight is 201 g/mol. The zero-order valence-electron chi connectivity index (χ0n) is 9.45. The molecule has 0 aromatic heterocycles. The first-order valence-corrected chi connectivity index (χ1v) is 5.93. The summed E-state index contributed by atoms with van der Waals surface area (Å²) in [4.78, 5) is 2.23. The normalized spacial score (nSPS) is 18.6. The van der Waals surface area contributed by atoms with Crippen LogP contribution in [-0.2, 0) is 0 Å². The fraction of sp³-hybridized carbons (Fsp3) is 0.429. The standard InChI is InChI=1S/C14H19N/c1-2-3-4-8-13-9-7-12-15-11-6-5-10-14(13)15/h5-7,10-12H,2-4,8-9H2,1H3. The van der Waals surface area contributed by atoms with Crippen molar-refractivity contribution in [3.05, 3.63) is 48.0 Å². The molecule has 2 aliphatic heterocycles. The van der Waals surface area contributed by atoms with Gasteiger partial charge in [0.25, 0.3) is 0 Å². The molecule has 1 nitrogen and oxygen atoms in total. The van der Waals surface area contributed by atoms with E-state index in [4.69, 9.17) is 0 Å². The lowest BCUT2D eigenvalue weighted by Gasteiger charge is -2.26. The number of hydrogen-bond donors (Lipinski definition) is 0. The number of unbranched alkanes of at least 4 members (excludes halogenated alkanes) is 2. The highest BCUT2D eigenvalue weighted by Crippen LogP contribution is 2.27. The van der Waals surface area contributed by atoms with Gasteiger partial charge in [0.15, 0.2) is 0 Å². The van der Waals surface area contributed by atoms with Gasteiger partial charge in [-0.25, -0.2) is 0 Å². The van der Waals surface area contributed by atoms with Gasteiger partial charge in [-0.05, 0) is 37.0 Å². The van der Waals surface area contributed by atoms with Crippen molar-refractivity contribution in [2.75, 3.05) is 0 Å². The molecule has 0 aromatic rings. The van der Waals surface area contributed by atoms with Gasteiger partial charge in [-0.15, -0.1) is 0 Å². The van der Waals surface area contributed by atoms with Crippen molar-refractivity contribution in [1.82, 2.24) is 4.90 Å². The second-order valence-electron chi connectivity index (χ2n) is 4.14. The Kier molecular flexibility index (Phi) is 3.44. The lowest BCUT2D eigenvalue weighted by atomic mass is 9.98. The molecule has 0 N–H and O–H groups in total. The highest BCUT2D eigenvalue weighted by atomic mass is 15.1. The van der Waals surface area contributed by atoms with Gasteiger partial charge in [0.1, 0.15) is 0 Å². The van der Waals surface area contributed by atoms with E-state index in [1.807, 2.05) is 0 Å². The van der Waals surface area contributed by atoms with Crippen LogP contribution in [0.5, 0.6) is 0 Å². The largest absolute Gasteiger partial charge is 0.324 e. The number of allylic oxidation sites excluding steroid dienone is 5. The van der Waals surface area contributed by atoms with Crippen molar-refractivity contribution in [2.45, 2.75) is 39.0 Å². The number of rotatable bonds is 4. The molecule has 15 heavy (non-hydrogen) atoms. The van der Waals surface area contributed by atoms with E-state index < -0.39 is 0 Å². The monoisotopic (exact) mass is 201 g/mol. The van der Waals surface area contributed by atoms with E-state index in [2.05, 4.69) is 48.5 Å². The maximum Gasteiger partial charge on any atom is 0.0444 e. The molecule has 0 spiro atoms. The third-order valence-corrected chi connectivity index (χ3v) is 2.96. The van der Waals surface area contributed by atoms with Crippen molar-refractivity contribution < 1.29 is 0 Å². The smallest absolute Gasteiger partial charge is 0.0444 e. The van der Waals surface area contributed by atoms with Crippen LogP contribution in [0.2, 0.25) is 0 Å². The summed E-state index contributed by atoms with van der Waals surface area (Å²) >= 11 is 0. The lowest BCUT2D eigenvalue weighted by molar-refractivity contribution is 0.596. The topological polar surface area (TPSA) is 3.24 Å². The molecule has 0 atom stereocenters. The van der Waals surface area contributed by atoms with Gasteiger partial charge in [-0.2, -0.15) is 0 Å².